The van der Waals surface area contributed by atoms with Crippen LogP contribution in [0.3, 0.4) is 0 Å². The molecule has 0 saturated carbocycles. The third-order valence-corrected chi connectivity index (χ3v) is 0.781. The van der Waals surface area contributed by atoms with E-state index < -0.39 is 0 Å². The average Bonchev–Trinajstić information content (AvgIpc) is 2.37. The van der Waals surface area contributed by atoms with Gasteiger partial charge in [-0.05, 0) is 0 Å². The summed E-state index contributed by atoms with van der Waals surface area (Å²) < 4.78 is 0. The summed E-state index contributed by atoms with van der Waals surface area (Å²) in [6.45, 7) is 0. The van der Waals surface area contributed by atoms with E-state index in [4.69, 9.17) is 5.26 Å². The van der Waals surface area contributed by atoms with Gasteiger partial charge in [0.15, 0.2) is 0 Å². The van der Waals surface area contributed by atoms with Gasteiger partial charge in [0.2, 0.25) is 12.4 Å². The SMILES string of the molecule is N#Cc1n[nH]c(NC=O)n1. The lowest BCUT2D eigenvalue weighted by atomic mass is 10.7. The highest BCUT2D eigenvalue weighted by molar-refractivity contribution is 5.66. The standard InChI is InChI=1S/C4H3N5O/c5-1-3-7-4(6-2-10)9-8-3/h2H,(H2,6,7,8,9,10). The van der Waals surface area contributed by atoms with Gasteiger partial charge in [0, 0.05) is 0 Å². The van der Waals surface area contributed by atoms with Crippen molar-refractivity contribution in [1.82, 2.24) is 15.2 Å². The van der Waals surface area contributed by atoms with Crippen LogP contribution < -0.4 is 5.32 Å². The zero-order valence-corrected chi connectivity index (χ0v) is 4.83. The molecule has 0 unspecified atom stereocenters. The third kappa shape index (κ3) is 1.08. The number of nitrogens with zero attached hydrogens (tertiary/aromatic N) is 3. The fourth-order valence-electron chi connectivity index (χ4n) is 0.432. The zero-order valence-electron chi connectivity index (χ0n) is 4.83. The number of carbonyl (C=O) groups is 1. The molecular formula is C4H3N5O. The van der Waals surface area contributed by atoms with Crippen LogP contribution in [0.15, 0.2) is 0 Å². The fourth-order valence-corrected chi connectivity index (χ4v) is 0.432. The molecule has 0 aromatic carbocycles. The summed E-state index contributed by atoms with van der Waals surface area (Å²) in [7, 11) is 0. The number of carbonyl (C=O) groups excluding carboxylic acids is 1. The summed E-state index contributed by atoms with van der Waals surface area (Å²) in [5.41, 5.74) is 0. The summed E-state index contributed by atoms with van der Waals surface area (Å²) in [6.07, 6.45) is 0.446. The molecule has 0 fully saturated rings. The summed E-state index contributed by atoms with van der Waals surface area (Å²) in [5.74, 6) is 0.177. The van der Waals surface area contributed by atoms with Crippen molar-refractivity contribution in [1.29, 1.82) is 5.26 Å². The number of H-pyrrole nitrogens is 1. The van der Waals surface area contributed by atoms with Crippen LogP contribution in [-0.2, 0) is 4.79 Å². The highest BCUT2D eigenvalue weighted by atomic mass is 16.1. The molecule has 6 heteroatoms. The first-order valence-corrected chi connectivity index (χ1v) is 2.39. The van der Waals surface area contributed by atoms with Crippen molar-refractivity contribution >= 4 is 12.4 Å². The molecule has 50 valence electrons. The van der Waals surface area contributed by atoms with Gasteiger partial charge in [-0.1, -0.05) is 0 Å². The summed E-state index contributed by atoms with van der Waals surface area (Å²) in [6, 6.07) is 1.70. The van der Waals surface area contributed by atoms with Gasteiger partial charge in [0.05, 0.1) is 0 Å². The Morgan fingerprint density at radius 3 is 3.10 bits per heavy atom. The van der Waals surface area contributed by atoms with Crippen molar-refractivity contribution < 1.29 is 4.79 Å². The van der Waals surface area contributed by atoms with Crippen LogP contribution in [0.1, 0.15) is 5.82 Å². The number of nitrogens with one attached hydrogen (secondary N) is 2. The molecule has 10 heavy (non-hydrogen) atoms. The van der Waals surface area contributed by atoms with Crippen LogP contribution in [0.4, 0.5) is 5.95 Å². The molecule has 0 aliphatic heterocycles. The maximum absolute atomic E-state index is 9.79. The first-order valence-electron chi connectivity index (χ1n) is 2.39. The molecule has 0 spiro atoms. The largest absolute Gasteiger partial charge is 0.298 e. The average molecular weight is 137 g/mol. The van der Waals surface area contributed by atoms with Crippen LogP contribution in [-0.4, -0.2) is 21.6 Å². The van der Waals surface area contributed by atoms with Gasteiger partial charge < -0.3 is 0 Å². The molecule has 0 atom stereocenters. The number of nitriles is 1. The maximum Gasteiger partial charge on any atom is 0.253 e. The Hall–Kier alpha value is -1.90. The minimum atomic E-state index is 0.00403. The molecule has 1 aromatic heterocycles. The van der Waals surface area contributed by atoms with Crippen molar-refractivity contribution in [2.75, 3.05) is 5.32 Å². The van der Waals surface area contributed by atoms with E-state index in [0.717, 1.165) is 0 Å². The van der Waals surface area contributed by atoms with E-state index >= 15 is 0 Å². The maximum atomic E-state index is 9.79. The first kappa shape index (κ1) is 6.22. The smallest absolute Gasteiger partial charge is 0.253 e. The van der Waals surface area contributed by atoms with E-state index in [1.165, 1.54) is 0 Å². The van der Waals surface area contributed by atoms with Gasteiger partial charge in [-0.25, -0.2) is 5.10 Å². The molecule has 0 aliphatic carbocycles. The monoisotopic (exact) mass is 137 g/mol. The van der Waals surface area contributed by atoms with Crippen molar-refractivity contribution in [3.8, 4) is 6.07 Å². The highest BCUT2D eigenvalue weighted by Crippen LogP contribution is 1.93. The van der Waals surface area contributed by atoms with Crippen molar-refractivity contribution in [3.05, 3.63) is 5.82 Å². The Morgan fingerprint density at radius 2 is 2.60 bits per heavy atom. The van der Waals surface area contributed by atoms with Crippen LogP contribution in [0, 0.1) is 11.3 Å². The molecule has 6 nitrogen and oxygen atoms in total. The first-order chi connectivity index (χ1) is 4.86. The molecule has 0 aliphatic rings. The van der Waals surface area contributed by atoms with Gasteiger partial charge >= 0.3 is 0 Å². The minimum absolute atomic E-state index is 0.00403. The second-order valence-electron chi connectivity index (χ2n) is 1.38. The Bertz CT molecular complexity index is 271. The number of rotatable bonds is 2. The number of amides is 1. The molecule has 0 bridgehead atoms. The number of hydrogen-bond donors (Lipinski definition) is 2. The fraction of sp³-hybridized carbons (Fsp3) is 0. The van der Waals surface area contributed by atoms with Crippen LogP contribution in [0.5, 0.6) is 0 Å². The van der Waals surface area contributed by atoms with Crippen LogP contribution >= 0.6 is 0 Å². The highest BCUT2D eigenvalue weighted by Gasteiger charge is 1.97. The normalized spacial score (nSPS) is 8.30. The quantitative estimate of drug-likeness (QED) is 0.524. The van der Waals surface area contributed by atoms with Gasteiger partial charge in [-0.3, -0.25) is 10.1 Å². The second-order valence-corrected chi connectivity index (χ2v) is 1.38. The number of aromatic amines is 1. The molecule has 0 radical (unpaired) electrons. The van der Waals surface area contributed by atoms with Crippen molar-refractivity contribution in [2.45, 2.75) is 0 Å². The van der Waals surface area contributed by atoms with Crippen LogP contribution in [0.25, 0.3) is 0 Å². The van der Waals surface area contributed by atoms with Crippen molar-refractivity contribution in [3.63, 3.8) is 0 Å². The summed E-state index contributed by atoms with van der Waals surface area (Å²) >= 11 is 0. The Kier molecular flexibility index (Phi) is 1.61. The number of hydrogen-bond acceptors (Lipinski definition) is 4. The van der Waals surface area contributed by atoms with Crippen LogP contribution in [0.2, 0.25) is 0 Å². The zero-order chi connectivity index (χ0) is 7.40. The lowest BCUT2D eigenvalue weighted by molar-refractivity contribution is -0.105. The van der Waals surface area contributed by atoms with Gasteiger partial charge in [0.25, 0.3) is 5.82 Å². The van der Waals surface area contributed by atoms with Gasteiger partial charge in [-0.2, -0.15) is 10.2 Å². The molecule has 1 heterocycles. The molecule has 2 N–H and O–H groups in total. The number of anilines is 1. The van der Waals surface area contributed by atoms with E-state index in [1.54, 1.807) is 6.07 Å². The van der Waals surface area contributed by atoms with E-state index in [2.05, 4.69) is 20.5 Å². The van der Waals surface area contributed by atoms with Gasteiger partial charge in [-0.15, -0.1) is 5.10 Å². The van der Waals surface area contributed by atoms with E-state index in [9.17, 15) is 4.79 Å². The minimum Gasteiger partial charge on any atom is -0.298 e. The molecule has 1 amide bonds. The van der Waals surface area contributed by atoms with E-state index in [-0.39, 0.29) is 11.8 Å². The van der Waals surface area contributed by atoms with E-state index in [0.29, 0.717) is 6.41 Å². The second kappa shape index (κ2) is 2.59. The summed E-state index contributed by atoms with van der Waals surface area (Å²) in [5, 5.41) is 16.2. The third-order valence-electron chi connectivity index (χ3n) is 0.781. The molecule has 0 saturated heterocycles. The lowest BCUT2D eigenvalue weighted by Gasteiger charge is -1.83. The summed E-state index contributed by atoms with van der Waals surface area (Å²) in [4.78, 5) is 13.3. The van der Waals surface area contributed by atoms with Gasteiger partial charge in [0.1, 0.15) is 6.07 Å². The molecule has 1 rings (SSSR count). The van der Waals surface area contributed by atoms with E-state index in [1.807, 2.05) is 0 Å². The molecule has 1 aromatic rings. The Morgan fingerprint density at radius 1 is 1.80 bits per heavy atom. The Balaban J connectivity index is 2.80. The van der Waals surface area contributed by atoms with Crippen molar-refractivity contribution in [2.24, 2.45) is 0 Å². The lowest BCUT2D eigenvalue weighted by Crippen LogP contribution is -1.94. The Labute approximate surface area is 55.9 Å². The number of aromatic nitrogens is 3. The predicted octanol–water partition coefficient (Wildman–Crippen LogP) is -0.755. The topological polar surface area (TPSA) is 94.5 Å². The molecular weight excluding hydrogens is 134 g/mol. The predicted molar refractivity (Wildman–Crippen MR) is 30.8 cm³/mol.